The highest BCUT2D eigenvalue weighted by Crippen LogP contribution is 2.20. The third-order valence-corrected chi connectivity index (χ3v) is 4.60. The van der Waals surface area contributed by atoms with Crippen molar-refractivity contribution in [3.63, 3.8) is 0 Å². The zero-order chi connectivity index (χ0) is 18.2. The molecule has 1 heterocycles. The first-order valence-corrected chi connectivity index (χ1v) is 9.16. The van der Waals surface area contributed by atoms with Gasteiger partial charge < -0.3 is 10.4 Å². The van der Waals surface area contributed by atoms with Crippen LogP contribution >= 0.6 is 0 Å². The van der Waals surface area contributed by atoms with Crippen LogP contribution in [0.5, 0.6) is 0 Å². The molecule has 6 heteroatoms. The Morgan fingerprint density at radius 1 is 1.28 bits per heavy atom. The standard InChI is InChI=1S/C19H29N3O3/c1-13(2)11-16(19(24)25)22-17(14-7-6-10-20-12-14)18(23)21-15-8-4-3-5-9-15/h6-7,10,12-13,15-17,22H,3-5,8-9,11H2,1-2H3,(H,21,23)(H,24,25)/t16-,17?/m0/s1. The summed E-state index contributed by atoms with van der Waals surface area (Å²) in [6, 6.07) is 2.25. The van der Waals surface area contributed by atoms with E-state index < -0.39 is 18.1 Å². The van der Waals surface area contributed by atoms with Gasteiger partial charge in [-0.15, -0.1) is 0 Å². The molecule has 3 N–H and O–H groups in total. The minimum Gasteiger partial charge on any atom is -0.480 e. The average molecular weight is 347 g/mol. The van der Waals surface area contributed by atoms with Gasteiger partial charge in [0.15, 0.2) is 0 Å². The van der Waals surface area contributed by atoms with Crippen LogP contribution in [0.25, 0.3) is 0 Å². The SMILES string of the molecule is CC(C)C[C@H](NC(C(=O)NC1CCCCC1)c1cccnc1)C(=O)O. The normalized spacial score (nSPS) is 17.9. The second-order valence-corrected chi connectivity index (χ2v) is 7.25. The molecule has 1 fully saturated rings. The van der Waals surface area contributed by atoms with Crippen molar-refractivity contribution in [3.05, 3.63) is 30.1 Å². The van der Waals surface area contributed by atoms with Crippen molar-refractivity contribution in [1.29, 1.82) is 0 Å². The van der Waals surface area contributed by atoms with Gasteiger partial charge in [0.1, 0.15) is 12.1 Å². The Labute approximate surface area is 149 Å². The summed E-state index contributed by atoms with van der Waals surface area (Å²) in [6.45, 7) is 3.94. The number of amides is 1. The summed E-state index contributed by atoms with van der Waals surface area (Å²) < 4.78 is 0. The predicted molar refractivity (Wildman–Crippen MR) is 96.0 cm³/mol. The smallest absolute Gasteiger partial charge is 0.320 e. The molecule has 6 nitrogen and oxygen atoms in total. The molecule has 138 valence electrons. The van der Waals surface area contributed by atoms with Crippen LogP contribution in [-0.4, -0.2) is 34.1 Å². The Hall–Kier alpha value is -1.95. The lowest BCUT2D eigenvalue weighted by atomic mass is 9.94. The van der Waals surface area contributed by atoms with Gasteiger partial charge in [-0.3, -0.25) is 19.9 Å². The molecule has 1 aliphatic rings. The molecule has 2 rings (SSSR count). The third-order valence-electron chi connectivity index (χ3n) is 4.60. The molecule has 0 radical (unpaired) electrons. The molecule has 1 aliphatic carbocycles. The Kier molecular flexibility index (Phi) is 7.37. The van der Waals surface area contributed by atoms with Crippen LogP contribution in [0.3, 0.4) is 0 Å². The number of carbonyl (C=O) groups excluding carboxylic acids is 1. The van der Waals surface area contributed by atoms with E-state index in [9.17, 15) is 14.7 Å². The fourth-order valence-electron chi connectivity index (χ4n) is 3.31. The first-order valence-electron chi connectivity index (χ1n) is 9.16. The summed E-state index contributed by atoms with van der Waals surface area (Å²) in [7, 11) is 0. The number of pyridine rings is 1. The number of hydrogen-bond acceptors (Lipinski definition) is 4. The van der Waals surface area contributed by atoms with Gasteiger partial charge in [-0.25, -0.2) is 0 Å². The molecular weight excluding hydrogens is 318 g/mol. The summed E-state index contributed by atoms with van der Waals surface area (Å²) >= 11 is 0. The molecule has 25 heavy (non-hydrogen) atoms. The topological polar surface area (TPSA) is 91.3 Å². The second-order valence-electron chi connectivity index (χ2n) is 7.25. The number of carbonyl (C=O) groups is 2. The minimum atomic E-state index is -0.937. The number of aliphatic carboxylic acids is 1. The summed E-state index contributed by atoms with van der Waals surface area (Å²) in [5.41, 5.74) is 0.686. The van der Waals surface area contributed by atoms with E-state index in [1.165, 1.54) is 6.42 Å². The number of nitrogens with zero attached hydrogens (tertiary/aromatic N) is 1. The minimum absolute atomic E-state index is 0.171. The van der Waals surface area contributed by atoms with E-state index in [1.54, 1.807) is 24.5 Å². The fraction of sp³-hybridized carbons (Fsp3) is 0.632. The first kappa shape index (κ1) is 19.4. The van der Waals surface area contributed by atoms with Gasteiger partial charge in [0.25, 0.3) is 0 Å². The van der Waals surface area contributed by atoms with E-state index in [0.29, 0.717) is 12.0 Å². The maximum Gasteiger partial charge on any atom is 0.320 e. The number of nitrogens with one attached hydrogen (secondary N) is 2. The zero-order valence-corrected chi connectivity index (χ0v) is 15.1. The quantitative estimate of drug-likeness (QED) is 0.672. The van der Waals surface area contributed by atoms with Crippen molar-refractivity contribution >= 4 is 11.9 Å². The highest BCUT2D eigenvalue weighted by Gasteiger charge is 2.29. The van der Waals surface area contributed by atoms with Crippen LogP contribution in [-0.2, 0) is 9.59 Å². The van der Waals surface area contributed by atoms with Crippen molar-refractivity contribution in [2.24, 2.45) is 5.92 Å². The van der Waals surface area contributed by atoms with Gasteiger partial charge in [0, 0.05) is 18.4 Å². The molecule has 0 aliphatic heterocycles. The highest BCUT2D eigenvalue weighted by atomic mass is 16.4. The number of rotatable bonds is 8. The van der Waals surface area contributed by atoms with Gasteiger partial charge in [-0.2, -0.15) is 0 Å². The predicted octanol–water partition coefficient (Wildman–Crippen LogP) is 2.66. The summed E-state index contributed by atoms with van der Waals surface area (Å²) in [5, 5.41) is 15.6. The third kappa shape index (κ3) is 6.12. The van der Waals surface area contributed by atoms with E-state index in [2.05, 4.69) is 15.6 Å². The molecular formula is C19H29N3O3. The van der Waals surface area contributed by atoms with Gasteiger partial charge in [0.2, 0.25) is 5.91 Å². The molecule has 1 aromatic rings. The largest absolute Gasteiger partial charge is 0.480 e. The summed E-state index contributed by atoms with van der Waals surface area (Å²) in [6.07, 6.45) is 9.16. The van der Waals surface area contributed by atoms with Crippen LogP contribution in [0.15, 0.2) is 24.5 Å². The molecule has 1 amide bonds. The number of aromatic nitrogens is 1. The van der Waals surface area contributed by atoms with E-state index >= 15 is 0 Å². The lowest BCUT2D eigenvalue weighted by Gasteiger charge is -2.28. The van der Waals surface area contributed by atoms with E-state index in [0.717, 1.165) is 25.7 Å². The Balaban J connectivity index is 2.14. The van der Waals surface area contributed by atoms with Gasteiger partial charge >= 0.3 is 5.97 Å². The monoisotopic (exact) mass is 347 g/mol. The molecule has 0 spiro atoms. The summed E-state index contributed by atoms with van der Waals surface area (Å²) in [5.74, 6) is -0.896. The second kappa shape index (κ2) is 9.51. The molecule has 2 atom stereocenters. The van der Waals surface area contributed by atoms with Gasteiger partial charge in [-0.1, -0.05) is 39.2 Å². The van der Waals surface area contributed by atoms with Crippen LogP contribution in [0.1, 0.15) is 64.0 Å². The van der Waals surface area contributed by atoms with E-state index in [4.69, 9.17) is 0 Å². The van der Waals surface area contributed by atoms with Gasteiger partial charge in [0.05, 0.1) is 0 Å². The maximum atomic E-state index is 12.9. The number of carboxylic acids is 1. The van der Waals surface area contributed by atoms with E-state index in [1.807, 2.05) is 13.8 Å². The number of carboxylic acid groups (broad SMARTS) is 1. The number of hydrogen-bond donors (Lipinski definition) is 3. The van der Waals surface area contributed by atoms with Crippen molar-refractivity contribution in [1.82, 2.24) is 15.6 Å². The van der Waals surface area contributed by atoms with Crippen molar-refractivity contribution in [2.75, 3.05) is 0 Å². The highest BCUT2D eigenvalue weighted by molar-refractivity contribution is 5.84. The fourth-order valence-corrected chi connectivity index (χ4v) is 3.31. The first-order chi connectivity index (χ1) is 12.0. The molecule has 1 saturated carbocycles. The molecule has 0 saturated heterocycles. The molecule has 0 bridgehead atoms. The molecule has 1 aromatic heterocycles. The van der Waals surface area contributed by atoms with Crippen molar-refractivity contribution in [2.45, 2.75) is 70.5 Å². The average Bonchev–Trinajstić information content (AvgIpc) is 2.59. The Bertz CT molecular complexity index is 556. The lowest BCUT2D eigenvalue weighted by molar-refractivity contribution is -0.140. The van der Waals surface area contributed by atoms with Crippen molar-refractivity contribution < 1.29 is 14.7 Å². The van der Waals surface area contributed by atoms with Crippen LogP contribution < -0.4 is 10.6 Å². The van der Waals surface area contributed by atoms with Crippen LogP contribution in [0, 0.1) is 5.92 Å². The van der Waals surface area contributed by atoms with Crippen LogP contribution in [0.4, 0.5) is 0 Å². The molecule has 1 unspecified atom stereocenters. The Morgan fingerprint density at radius 3 is 2.56 bits per heavy atom. The maximum absolute atomic E-state index is 12.9. The summed E-state index contributed by atoms with van der Waals surface area (Å²) in [4.78, 5) is 28.5. The van der Waals surface area contributed by atoms with Crippen LogP contribution in [0.2, 0.25) is 0 Å². The zero-order valence-electron chi connectivity index (χ0n) is 15.1. The Morgan fingerprint density at radius 2 is 2.00 bits per heavy atom. The van der Waals surface area contributed by atoms with Gasteiger partial charge in [-0.05, 0) is 36.8 Å². The van der Waals surface area contributed by atoms with Crippen molar-refractivity contribution in [3.8, 4) is 0 Å². The lowest BCUT2D eigenvalue weighted by Crippen LogP contribution is -2.48. The van der Waals surface area contributed by atoms with E-state index in [-0.39, 0.29) is 17.9 Å². The molecule has 0 aromatic carbocycles.